The fourth-order valence-corrected chi connectivity index (χ4v) is 14.4. The lowest BCUT2D eigenvalue weighted by Gasteiger charge is -2.50. The Hall–Kier alpha value is -2.21. The van der Waals surface area contributed by atoms with Gasteiger partial charge in [0, 0.05) is 30.1 Å². The summed E-state index contributed by atoms with van der Waals surface area (Å²) in [6.07, 6.45) is -74.2. The van der Waals surface area contributed by atoms with Gasteiger partial charge in [-0.05, 0) is 6.92 Å². The lowest BCUT2D eigenvalue weighted by molar-refractivity contribution is -0.399. The fraction of sp³-hybridized carbons (Fsp3) is 0.984. The summed E-state index contributed by atoms with van der Waals surface area (Å²) in [6.45, 7) is -1.29. The number of hydrogen-bond donors (Lipinski definition) is 26. The molecule has 46 atom stereocenters. The number of carboxylic acid groups (broad SMARTS) is 1. The zero-order valence-electron chi connectivity index (χ0n) is 58.2. The Labute approximate surface area is 604 Å². The predicted molar refractivity (Wildman–Crippen MR) is 332 cm³/mol. The van der Waals surface area contributed by atoms with Crippen molar-refractivity contribution in [2.75, 3.05) is 59.5 Å². The van der Waals surface area contributed by atoms with E-state index in [0.717, 1.165) is 0 Å². The number of hydrogen-bond acceptors (Lipinski definition) is 43. The number of carboxylic acids is 1. The number of rotatable bonds is 28. The van der Waals surface area contributed by atoms with Crippen LogP contribution in [0, 0.1) is 23.7 Å². The fourth-order valence-electron chi connectivity index (χ4n) is 14.4. The first-order valence-electron chi connectivity index (χ1n) is 35.0. The smallest absolute Gasteiger partial charge is 0.364 e. The van der Waals surface area contributed by atoms with Crippen molar-refractivity contribution in [2.24, 2.45) is 29.4 Å². The maximum Gasteiger partial charge on any atom is 0.364 e. The van der Waals surface area contributed by atoms with E-state index < -0.39 is 353 Å². The topological polar surface area (TPSA) is 706 Å². The standard InChI is InChI=1S/C62H107NO43/c1-16-20(5)92-26(11-68)47(33(16)74)100-55-18(3)34(75)49(28(13-70)96-55)102-58-46(87)51(103-60-53(44(85)39(80)25(10-67)95-60)105-54-17(2)32(73)37(78)23(8-65)93-54)41(82)29(98-58)14-90-59-52(43(84)38(79)24(9-66)94-59)104-56-19(4)35(76)48(27(12-69)97-56)101-57-45(86)42(83)40(81)30(99-57)15-91-62(61(88)89)6-21(71)31(63)50(106-62)36(77)22(72)7-64/h16-60,64-87H,6-15,63H2,1-5H3,(H,88,89)/t16-,17+,18+,19?,20+,21-,22?,23?,24?,25-,26?,27+,28?,29?,30?,31-,32?,33?,34?,35?,36?,37-,38-,39-,40+,41-,42+,43?,44?,45?,46-,47-,48-,49-,50?,51?,52-,53?,54+,55+,56+,57?,58+,59+,60-,62-/m1/s1. The second-order valence-corrected chi connectivity index (χ2v) is 28.6. The number of ether oxygens (including phenoxy) is 17. The van der Waals surface area contributed by atoms with Crippen LogP contribution in [-0.2, 0) is 85.3 Å². The highest BCUT2D eigenvalue weighted by Crippen LogP contribution is 2.42. The van der Waals surface area contributed by atoms with Gasteiger partial charge in [0.05, 0.1) is 102 Å². The number of aliphatic hydroxyl groups excluding tert-OH is 24. The molecule has 0 aromatic heterocycles. The molecule has 9 heterocycles. The minimum atomic E-state index is -2.92. The van der Waals surface area contributed by atoms with Gasteiger partial charge in [-0.15, -0.1) is 0 Å². The van der Waals surface area contributed by atoms with Crippen LogP contribution in [0.2, 0.25) is 0 Å². The lowest BCUT2D eigenvalue weighted by Crippen LogP contribution is -2.68. The molecule has 44 heteroatoms. The summed E-state index contributed by atoms with van der Waals surface area (Å²) >= 11 is 0. The third kappa shape index (κ3) is 18.1. The third-order valence-electron chi connectivity index (χ3n) is 21.5. The normalized spacial score (nSPS) is 51.9. The summed E-state index contributed by atoms with van der Waals surface area (Å²) in [5.74, 6) is -9.10. The molecule has 20 unspecified atom stereocenters. The van der Waals surface area contributed by atoms with Crippen molar-refractivity contribution in [2.45, 2.75) is 298 Å². The summed E-state index contributed by atoms with van der Waals surface area (Å²) < 4.78 is 101. The molecule has 9 saturated heterocycles. The number of aliphatic hydroxyl groups is 24. The molecule has 44 nitrogen and oxygen atoms in total. The summed E-state index contributed by atoms with van der Waals surface area (Å²) in [7, 11) is 0. The quantitative estimate of drug-likeness (QED) is 0.0346. The van der Waals surface area contributed by atoms with Gasteiger partial charge in [-0.2, -0.15) is 0 Å². The van der Waals surface area contributed by atoms with Crippen LogP contribution in [0.15, 0.2) is 0 Å². The lowest BCUT2D eigenvalue weighted by atomic mass is 9.88. The van der Waals surface area contributed by atoms with E-state index in [0.29, 0.717) is 0 Å². The molecule has 9 aliphatic heterocycles. The van der Waals surface area contributed by atoms with Gasteiger partial charge in [-0.3, -0.25) is 0 Å². The van der Waals surface area contributed by atoms with Crippen molar-refractivity contribution in [3.8, 4) is 0 Å². The van der Waals surface area contributed by atoms with E-state index in [9.17, 15) is 132 Å². The van der Waals surface area contributed by atoms with Gasteiger partial charge in [0.2, 0.25) is 0 Å². The Morgan fingerprint density at radius 3 is 1.24 bits per heavy atom. The van der Waals surface area contributed by atoms with E-state index >= 15 is 0 Å². The van der Waals surface area contributed by atoms with Gasteiger partial charge in [0.1, 0.15) is 165 Å². The third-order valence-corrected chi connectivity index (χ3v) is 21.5. The highest BCUT2D eigenvalue weighted by Gasteiger charge is 2.61. The average Bonchev–Trinajstić information content (AvgIpc) is 0.776. The molecular formula is C62H107NO43. The molecule has 0 aromatic carbocycles. The van der Waals surface area contributed by atoms with Gasteiger partial charge in [-0.25, -0.2) is 4.79 Å². The minimum Gasteiger partial charge on any atom is -0.477 e. The molecule has 106 heavy (non-hydrogen) atoms. The minimum absolute atomic E-state index is 0.526. The largest absolute Gasteiger partial charge is 0.477 e. The summed E-state index contributed by atoms with van der Waals surface area (Å²) in [4.78, 5) is 12.7. The Kier molecular flexibility index (Phi) is 30.9. The number of carbonyl (C=O) groups is 1. The second kappa shape index (κ2) is 37.4. The van der Waals surface area contributed by atoms with E-state index in [1.54, 1.807) is 13.8 Å². The monoisotopic (exact) mass is 1550 g/mol. The highest BCUT2D eigenvalue weighted by atomic mass is 16.8. The maximum atomic E-state index is 12.7. The van der Waals surface area contributed by atoms with Crippen molar-refractivity contribution < 1.29 is 213 Å². The van der Waals surface area contributed by atoms with E-state index in [-0.39, 0.29) is 0 Å². The van der Waals surface area contributed by atoms with Gasteiger partial charge < -0.3 is 214 Å². The second-order valence-electron chi connectivity index (χ2n) is 28.6. The van der Waals surface area contributed by atoms with Crippen molar-refractivity contribution in [1.82, 2.24) is 0 Å². The highest BCUT2D eigenvalue weighted by molar-refractivity contribution is 5.76. The summed E-state index contributed by atoms with van der Waals surface area (Å²) in [5.41, 5.74) is 5.95. The first-order chi connectivity index (χ1) is 50.1. The van der Waals surface area contributed by atoms with Gasteiger partial charge in [-0.1, -0.05) is 27.7 Å². The van der Waals surface area contributed by atoms with Crippen LogP contribution in [0.1, 0.15) is 41.0 Å². The molecule has 0 aromatic rings. The van der Waals surface area contributed by atoms with E-state index in [2.05, 4.69) is 0 Å². The molecule has 27 N–H and O–H groups in total. The van der Waals surface area contributed by atoms with Gasteiger partial charge >= 0.3 is 5.97 Å². The maximum absolute atomic E-state index is 12.7. The first-order valence-corrected chi connectivity index (χ1v) is 35.0. The molecule has 9 rings (SSSR count). The first kappa shape index (κ1) is 87.8. The molecule has 618 valence electrons. The van der Waals surface area contributed by atoms with Gasteiger partial charge in [0.15, 0.2) is 44.0 Å². The van der Waals surface area contributed by atoms with Crippen LogP contribution in [0.3, 0.4) is 0 Å². The van der Waals surface area contributed by atoms with E-state index in [4.69, 9.17) is 86.3 Å². The van der Waals surface area contributed by atoms with E-state index in [1.807, 2.05) is 0 Å². The molecular weight excluding hydrogens is 1450 g/mol. The predicted octanol–water partition coefficient (Wildman–Crippen LogP) is -15.3. The van der Waals surface area contributed by atoms with Crippen LogP contribution < -0.4 is 5.73 Å². The Bertz CT molecular complexity index is 2690. The molecule has 0 radical (unpaired) electrons. The van der Waals surface area contributed by atoms with Crippen molar-refractivity contribution in [1.29, 1.82) is 0 Å². The Morgan fingerprint density at radius 1 is 0.387 bits per heavy atom. The molecule has 0 amide bonds. The molecule has 9 fully saturated rings. The molecule has 0 spiro atoms. The molecule has 0 aliphatic carbocycles. The number of aliphatic carboxylic acids is 1. The van der Waals surface area contributed by atoms with Crippen molar-refractivity contribution in [3.63, 3.8) is 0 Å². The molecule has 0 bridgehead atoms. The van der Waals surface area contributed by atoms with Crippen LogP contribution in [0.25, 0.3) is 0 Å². The van der Waals surface area contributed by atoms with Crippen LogP contribution in [0.5, 0.6) is 0 Å². The van der Waals surface area contributed by atoms with Crippen LogP contribution >= 0.6 is 0 Å². The van der Waals surface area contributed by atoms with Crippen LogP contribution in [-0.4, -0.2) is 450 Å². The van der Waals surface area contributed by atoms with Gasteiger partial charge in [0.25, 0.3) is 5.79 Å². The van der Waals surface area contributed by atoms with Crippen LogP contribution in [0.4, 0.5) is 0 Å². The molecule has 0 saturated carbocycles. The summed E-state index contributed by atoms with van der Waals surface area (Å²) in [6, 6.07) is -1.55. The number of nitrogens with two attached hydrogens (primary N) is 1. The molecule has 9 aliphatic rings. The zero-order valence-corrected chi connectivity index (χ0v) is 58.2. The summed E-state index contributed by atoms with van der Waals surface area (Å²) in [5, 5.41) is 274. The Balaban J connectivity index is 0.951. The SMILES string of the molecule is CC1C(O)[C@H](OC2OC(CO[C@]3(C(=O)O)C[C@@H](O)[C@@H](N)C(C(O)C(O)CO)O3)[C@H](O)[C@H](O)C2O)[C@H](CO)O[C@H]1O[C@@H]1C(O)[C@H](O)C(CO)O[C@@H]1OCC1O[C@@H](O[C@@H]2C(CO)O[C@@H](O[C@@H]3C(CO)O[C@@H](C)[C@@H](C)C3O)[C@@H](C)C2O)[C@H](O)C(O[C@H]2O[C@H](CO)[C@@H](O)C(O)C2O[C@@H]2OC(CO)[C@@H](O)C(O)[C@@H]2C)[C@@H]1O. The zero-order chi connectivity index (χ0) is 78.1. The van der Waals surface area contributed by atoms with Crippen molar-refractivity contribution >= 4 is 5.97 Å². The average molecular weight is 1550 g/mol. The van der Waals surface area contributed by atoms with Crippen molar-refractivity contribution in [3.05, 3.63) is 0 Å². The Morgan fingerprint density at radius 2 is 0.755 bits per heavy atom. The van der Waals surface area contributed by atoms with E-state index in [1.165, 1.54) is 20.8 Å².